The lowest BCUT2D eigenvalue weighted by Gasteiger charge is -2.32. The molecule has 1 aliphatic heterocycles. The highest BCUT2D eigenvalue weighted by Gasteiger charge is 2.49. The van der Waals surface area contributed by atoms with Gasteiger partial charge in [0, 0.05) is 6.26 Å². The number of nitrogens with zero attached hydrogens (tertiary/aromatic N) is 2. The van der Waals surface area contributed by atoms with E-state index in [9.17, 15) is 26.0 Å². The van der Waals surface area contributed by atoms with Crippen molar-refractivity contribution in [3.63, 3.8) is 0 Å². The molecule has 1 fully saturated rings. The number of hydrogen-bond acceptors (Lipinski definition) is 6. The van der Waals surface area contributed by atoms with Gasteiger partial charge in [-0.05, 0) is 31.5 Å². The molecular weight excluding hydrogens is 421 g/mol. The highest BCUT2D eigenvalue weighted by molar-refractivity contribution is 7.92. The molecular formula is C18H24FN3O5S2. The van der Waals surface area contributed by atoms with Crippen molar-refractivity contribution in [1.29, 1.82) is 0 Å². The van der Waals surface area contributed by atoms with E-state index in [1.807, 2.05) is 0 Å². The maximum Gasteiger partial charge on any atom is 0.303 e. The maximum atomic E-state index is 13.6. The van der Waals surface area contributed by atoms with Crippen LogP contribution < -0.4 is 5.73 Å². The fourth-order valence-corrected chi connectivity index (χ4v) is 5.15. The Morgan fingerprint density at radius 3 is 2.34 bits per heavy atom. The lowest BCUT2D eigenvalue weighted by molar-refractivity contribution is -0.133. The topological polar surface area (TPSA) is 119 Å². The quantitative estimate of drug-likeness (QED) is 0.651. The SMILES string of the molecule is [C-]#[N+][C@@H]1C[C@H](F)CN1C(=O)[C@@H](N)C(C)(C)S(=O)(=O)Cc1ccc(S(C)(=O)=O)cc1. The minimum Gasteiger partial charge on any atom is -0.319 e. The van der Waals surface area contributed by atoms with Gasteiger partial charge in [-0.15, -0.1) is 0 Å². The molecule has 1 saturated heterocycles. The number of carbonyl (C=O) groups is 1. The first kappa shape index (κ1) is 23.3. The van der Waals surface area contributed by atoms with E-state index in [1.165, 1.54) is 38.1 Å². The molecule has 0 aromatic heterocycles. The van der Waals surface area contributed by atoms with Gasteiger partial charge >= 0.3 is 6.17 Å². The van der Waals surface area contributed by atoms with Crippen LogP contribution in [0.2, 0.25) is 0 Å². The standard InChI is InChI=1S/C18H24FN3O5S2/c1-18(2,16(20)17(23)22-10-13(19)9-15(22)21-3)29(26,27)11-12-5-7-14(8-6-12)28(4,24)25/h5-8,13,15-16H,9-11,20H2,1-2,4H3/t13-,15-,16+/m0/s1. The zero-order valence-corrected chi connectivity index (χ0v) is 18.0. The number of alkyl halides is 1. The van der Waals surface area contributed by atoms with E-state index in [2.05, 4.69) is 4.85 Å². The first-order valence-corrected chi connectivity index (χ1v) is 12.3. The second kappa shape index (κ2) is 8.01. The Kier molecular flexibility index (Phi) is 6.42. The molecule has 2 rings (SSSR count). The van der Waals surface area contributed by atoms with Crippen molar-refractivity contribution in [3.8, 4) is 0 Å². The molecule has 29 heavy (non-hydrogen) atoms. The summed E-state index contributed by atoms with van der Waals surface area (Å²) in [4.78, 5) is 17.0. The van der Waals surface area contributed by atoms with E-state index >= 15 is 0 Å². The number of amides is 1. The number of carbonyl (C=O) groups excluding carboxylic acids is 1. The molecule has 1 aromatic rings. The number of likely N-dealkylation sites (tertiary alicyclic amines) is 1. The monoisotopic (exact) mass is 445 g/mol. The summed E-state index contributed by atoms with van der Waals surface area (Å²) in [5.41, 5.74) is 6.32. The number of benzene rings is 1. The lowest BCUT2D eigenvalue weighted by Crippen LogP contribution is -2.58. The fourth-order valence-electron chi connectivity index (χ4n) is 3.03. The van der Waals surface area contributed by atoms with Crippen LogP contribution in [-0.2, 0) is 30.2 Å². The van der Waals surface area contributed by atoms with Crippen molar-refractivity contribution in [1.82, 2.24) is 4.90 Å². The van der Waals surface area contributed by atoms with Crippen LogP contribution in [0.4, 0.5) is 4.39 Å². The zero-order valence-electron chi connectivity index (χ0n) is 16.4. The summed E-state index contributed by atoms with van der Waals surface area (Å²) in [5, 5.41) is 0. The molecule has 8 nitrogen and oxygen atoms in total. The van der Waals surface area contributed by atoms with Crippen molar-refractivity contribution in [2.75, 3.05) is 12.8 Å². The predicted molar refractivity (Wildman–Crippen MR) is 106 cm³/mol. The number of hydrogen-bond donors (Lipinski definition) is 1. The summed E-state index contributed by atoms with van der Waals surface area (Å²) >= 11 is 0. The normalized spacial score (nSPS) is 21.6. The minimum atomic E-state index is -3.97. The molecule has 0 bridgehead atoms. The van der Waals surface area contributed by atoms with Crippen molar-refractivity contribution < 1.29 is 26.0 Å². The van der Waals surface area contributed by atoms with Crippen LogP contribution in [0, 0.1) is 6.57 Å². The largest absolute Gasteiger partial charge is 0.319 e. The van der Waals surface area contributed by atoms with Gasteiger partial charge in [-0.25, -0.2) is 27.8 Å². The third-order valence-corrected chi connectivity index (χ3v) is 8.88. The van der Waals surface area contributed by atoms with E-state index < -0.39 is 54.5 Å². The summed E-state index contributed by atoms with van der Waals surface area (Å²) < 4.78 is 60.9. The minimum absolute atomic E-state index is 0.0600. The Morgan fingerprint density at radius 1 is 1.31 bits per heavy atom. The molecule has 0 unspecified atom stereocenters. The summed E-state index contributed by atoms with van der Waals surface area (Å²) in [5.74, 6) is -1.24. The van der Waals surface area contributed by atoms with Gasteiger partial charge < -0.3 is 5.73 Å². The first-order chi connectivity index (χ1) is 13.2. The Hall–Kier alpha value is -2.03. The molecule has 1 amide bonds. The number of rotatable bonds is 6. The summed E-state index contributed by atoms with van der Waals surface area (Å²) in [6, 6.07) is 3.91. The summed E-state index contributed by atoms with van der Waals surface area (Å²) in [6.45, 7) is 9.44. The molecule has 1 heterocycles. The van der Waals surface area contributed by atoms with E-state index in [0.717, 1.165) is 11.2 Å². The van der Waals surface area contributed by atoms with Crippen LogP contribution in [-0.4, -0.2) is 63.6 Å². The van der Waals surface area contributed by atoms with Gasteiger partial charge in [0.2, 0.25) is 5.91 Å². The molecule has 0 aliphatic carbocycles. The predicted octanol–water partition coefficient (Wildman–Crippen LogP) is 0.927. The van der Waals surface area contributed by atoms with Gasteiger partial charge in [0.05, 0.1) is 28.4 Å². The highest BCUT2D eigenvalue weighted by atomic mass is 32.2. The van der Waals surface area contributed by atoms with Crippen LogP contribution in [0.25, 0.3) is 4.85 Å². The highest BCUT2D eigenvalue weighted by Crippen LogP contribution is 2.29. The first-order valence-electron chi connectivity index (χ1n) is 8.78. The number of halogens is 1. The molecule has 0 saturated carbocycles. The van der Waals surface area contributed by atoms with Crippen LogP contribution in [0.3, 0.4) is 0 Å². The van der Waals surface area contributed by atoms with E-state index in [1.54, 1.807) is 0 Å². The third kappa shape index (κ3) is 4.76. The second-order valence-electron chi connectivity index (χ2n) is 7.69. The van der Waals surface area contributed by atoms with Crippen LogP contribution in [0.1, 0.15) is 25.8 Å². The van der Waals surface area contributed by atoms with Gasteiger partial charge in [0.25, 0.3) is 0 Å². The van der Waals surface area contributed by atoms with Crippen molar-refractivity contribution >= 4 is 25.6 Å². The van der Waals surface area contributed by atoms with Crippen LogP contribution in [0.15, 0.2) is 29.2 Å². The smallest absolute Gasteiger partial charge is 0.303 e. The molecule has 1 aromatic carbocycles. The maximum absolute atomic E-state index is 13.6. The van der Waals surface area contributed by atoms with Gasteiger partial charge in [-0.2, -0.15) is 0 Å². The van der Waals surface area contributed by atoms with E-state index in [0.29, 0.717) is 5.56 Å². The molecule has 3 atom stereocenters. The fraction of sp³-hybridized carbons (Fsp3) is 0.556. The van der Waals surface area contributed by atoms with E-state index in [-0.39, 0.29) is 17.9 Å². The Labute approximate surface area is 170 Å². The van der Waals surface area contributed by atoms with Gasteiger partial charge in [-0.1, -0.05) is 12.1 Å². The molecule has 0 radical (unpaired) electrons. The summed E-state index contributed by atoms with van der Waals surface area (Å²) in [7, 11) is -7.38. The average molecular weight is 446 g/mol. The molecule has 2 N–H and O–H groups in total. The average Bonchev–Trinajstić information content (AvgIpc) is 3.00. The third-order valence-electron chi connectivity index (χ3n) is 5.18. The Balaban J connectivity index is 2.24. The molecule has 160 valence electrons. The van der Waals surface area contributed by atoms with Crippen LogP contribution >= 0.6 is 0 Å². The molecule has 0 spiro atoms. The van der Waals surface area contributed by atoms with Crippen molar-refractivity contribution in [2.45, 2.75) is 54.0 Å². The molecule has 1 aliphatic rings. The summed E-state index contributed by atoms with van der Waals surface area (Å²) in [6.07, 6.45) is -1.42. The van der Waals surface area contributed by atoms with Gasteiger partial charge in [-0.3, -0.25) is 14.5 Å². The van der Waals surface area contributed by atoms with Crippen LogP contribution in [0.5, 0.6) is 0 Å². The second-order valence-corrected chi connectivity index (χ2v) is 12.3. The molecule has 11 heteroatoms. The Bertz CT molecular complexity index is 1030. The van der Waals surface area contributed by atoms with Gasteiger partial charge in [0.15, 0.2) is 19.7 Å². The lowest BCUT2D eigenvalue weighted by atomic mass is 10.0. The number of nitrogens with two attached hydrogens (primary N) is 1. The zero-order chi connectivity index (χ0) is 22.2. The Morgan fingerprint density at radius 2 is 1.86 bits per heavy atom. The van der Waals surface area contributed by atoms with E-state index in [4.69, 9.17) is 12.3 Å². The van der Waals surface area contributed by atoms with Gasteiger partial charge in [0.1, 0.15) is 12.2 Å². The van der Waals surface area contributed by atoms with Crippen molar-refractivity contribution in [3.05, 3.63) is 41.2 Å². The number of sulfone groups is 2. The van der Waals surface area contributed by atoms with Crippen molar-refractivity contribution in [2.24, 2.45) is 5.73 Å².